The highest BCUT2D eigenvalue weighted by molar-refractivity contribution is 7.98. The number of rotatable bonds is 5. The van der Waals surface area contributed by atoms with Gasteiger partial charge in [-0.2, -0.15) is 0 Å². The van der Waals surface area contributed by atoms with E-state index in [-0.39, 0.29) is 13.2 Å². The van der Waals surface area contributed by atoms with Crippen LogP contribution < -0.4 is 10.6 Å². The van der Waals surface area contributed by atoms with Gasteiger partial charge in [0.2, 0.25) is 0 Å². The average molecular weight is 330 g/mol. The molecule has 0 atom stereocenters. The van der Waals surface area contributed by atoms with Crippen molar-refractivity contribution in [1.82, 2.24) is 5.32 Å². The van der Waals surface area contributed by atoms with Crippen LogP contribution in [0.4, 0.5) is 5.69 Å². The van der Waals surface area contributed by atoms with Gasteiger partial charge in [-0.15, -0.1) is 11.8 Å². The Hall–Kier alpha value is -2.31. The maximum Gasteiger partial charge on any atom is 0.313 e. The summed E-state index contributed by atoms with van der Waals surface area (Å²) in [4.78, 5) is 24.8. The predicted octanol–water partition coefficient (Wildman–Crippen LogP) is 2.16. The Bertz CT molecular complexity index is 686. The molecule has 0 aliphatic rings. The number of carbonyl (C=O) groups is 2. The molecule has 0 aliphatic carbocycles. The maximum absolute atomic E-state index is 11.9. The molecule has 0 saturated carbocycles. The van der Waals surface area contributed by atoms with Gasteiger partial charge in [0, 0.05) is 17.1 Å². The highest BCUT2D eigenvalue weighted by Crippen LogP contribution is 2.17. The van der Waals surface area contributed by atoms with Crippen molar-refractivity contribution in [2.75, 3.05) is 11.6 Å². The van der Waals surface area contributed by atoms with Gasteiger partial charge in [-0.3, -0.25) is 9.59 Å². The van der Waals surface area contributed by atoms with Gasteiger partial charge in [0.25, 0.3) is 0 Å². The van der Waals surface area contributed by atoms with E-state index in [2.05, 4.69) is 10.6 Å². The highest BCUT2D eigenvalue weighted by Gasteiger charge is 2.14. The Kier molecular flexibility index (Phi) is 6.19. The zero-order valence-electron chi connectivity index (χ0n) is 12.7. The van der Waals surface area contributed by atoms with Gasteiger partial charge in [-0.25, -0.2) is 0 Å². The van der Waals surface area contributed by atoms with Crippen molar-refractivity contribution in [1.29, 1.82) is 0 Å². The minimum absolute atomic E-state index is 0.111. The van der Waals surface area contributed by atoms with E-state index in [0.29, 0.717) is 5.69 Å². The first-order valence-electron chi connectivity index (χ1n) is 7.05. The van der Waals surface area contributed by atoms with Crippen molar-refractivity contribution < 1.29 is 14.7 Å². The van der Waals surface area contributed by atoms with E-state index in [9.17, 15) is 14.7 Å². The fourth-order valence-electron chi connectivity index (χ4n) is 2.00. The van der Waals surface area contributed by atoms with Crippen molar-refractivity contribution in [3.05, 3.63) is 59.7 Å². The van der Waals surface area contributed by atoms with Crippen LogP contribution in [0.3, 0.4) is 0 Å². The summed E-state index contributed by atoms with van der Waals surface area (Å²) in [7, 11) is 0. The molecule has 5 nitrogen and oxygen atoms in total. The first-order valence-corrected chi connectivity index (χ1v) is 8.27. The molecule has 0 fully saturated rings. The number of amides is 2. The molecule has 0 aliphatic heterocycles. The molecule has 0 spiro atoms. The molecule has 120 valence electrons. The van der Waals surface area contributed by atoms with Crippen LogP contribution in [-0.2, 0) is 22.7 Å². The Labute approximate surface area is 139 Å². The van der Waals surface area contributed by atoms with Gasteiger partial charge in [-0.1, -0.05) is 24.3 Å². The molecule has 2 amide bonds. The minimum Gasteiger partial charge on any atom is -0.392 e. The summed E-state index contributed by atoms with van der Waals surface area (Å²) in [6.07, 6.45) is 1.96. The number of aliphatic hydroxyl groups is 1. The second-order valence-electron chi connectivity index (χ2n) is 4.79. The number of carbonyl (C=O) groups excluding carboxylic acids is 2. The molecule has 2 rings (SSSR count). The van der Waals surface area contributed by atoms with Crippen molar-refractivity contribution in [3.8, 4) is 0 Å². The summed E-state index contributed by atoms with van der Waals surface area (Å²) in [6.45, 7) is 0.0778. The molecule has 0 unspecified atom stereocenters. The van der Waals surface area contributed by atoms with Gasteiger partial charge < -0.3 is 15.7 Å². The summed E-state index contributed by atoms with van der Waals surface area (Å²) < 4.78 is 0. The third-order valence-corrected chi connectivity index (χ3v) is 4.03. The lowest BCUT2D eigenvalue weighted by atomic mass is 10.1. The summed E-state index contributed by atoms with van der Waals surface area (Å²) >= 11 is 1.60. The molecule has 2 aromatic carbocycles. The van der Waals surface area contributed by atoms with E-state index in [0.717, 1.165) is 16.0 Å². The van der Waals surface area contributed by atoms with Crippen molar-refractivity contribution in [3.63, 3.8) is 0 Å². The maximum atomic E-state index is 11.9. The molecule has 0 aromatic heterocycles. The summed E-state index contributed by atoms with van der Waals surface area (Å²) in [5, 5.41) is 14.3. The normalized spacial score (nSPS) is 10.2. The number of thioether (sulfide) groups is 1. The van der Waals surface area contributed by atoms with Gasteiger partial charge >= 0.3 is 11.8 Å². The SMILES string of the molecule is CSc1ccc(NC(=O)C(=O)NCc2ccccc2CO)cc1. The van der Waals surface area contributed by atoms with Crippen LogP contribution in [0.1, 0.15) is 11.1 Å². The topological polar surface area (TPSA) is 78.4 Å². The van der Waals surface area contributed by atoms with Gasteiger partial charge in [0.15, 0.2) is 0 Å². The minimum atomic E-state index is -0.719. The molecule has 0 bridgehead atoms. The van der Waals surface area contributed by atoms with Crippen LogP contribution in [0.5, 0.6) is 0 Å². The fourth-order valence-corrected chi connectivity index (χ4v) is 2.41. The van der Waals surface area contributed by atoms with E-state index >= 15 is 0 Å². The molecular weight excluding hydrogens is 312 g/mol. The average Bonchev–Trinajstić information content (AvgIpc) is 2.60. The van der Waals surface area contributed by atoms with Crippen molar-refractivity contribution in [2.24, 2.45) is 0 Å². The first kappa shape index (κ1) is 17.1. The van der Waals surface area contributed by atoms with Crippen LogP contribution in [0.2, 0.25) is 0 Å². The van der Waals surface area contributed by atoms with E-state index in [1.807, 2.05) is 30.5 Å². The fraction of sp³-hybridized carbons (Fsp3) is 0.176. The van der Waals surface area contributed by atoms with Crippen LogP contribution in [0.15, 0.2) is 53.4 Å². The molecule has 0 radical (unpaired) electrons. The standard InChI is InChI=1S/C17H18N2O3S/c1-23-15-8-6-14(7-9-15)19-17(22)16(21)18-10-12-4-2-3-5-13(12)11-20/h2-9,20H,10-11H2,1H3,(H,18,21)(H,19,22). The Balaban J connectivity index is 1.90. The third-order valence-electron chi connectivity index (χ3n) is 3.28. The van der Waals surface area contributed by atoms with E-state index in [4.69, 9.17) is 0 Å². The van der Waals surface area contributed by atoms with E-state index < -0.39 is 11.8 Å². The number of nitrogens with one attached hydrogen (secondary N) is 2. The third kappa shape index (κ3) is 4.84. The molecule has 0 heterocycles. The van der Waals surface area contributed by atoms with Crippen LogP contribution in [0, 0.1) is 0 Å². The summed E-state index contributed by atoms with van der Waals surface area (Å²) in [6, 6.07) is 14.4. The lowest BCUT2D eigenvalue weighted by Gasteiger charge is -2.09. The first-order chi connectivity index (χ1) is 11.1. The number of benzene rings is 2. The van der Waals surface area contributed by atoms with Gasteiger partial charge in [0.05, 0.1) is 6.61 Å². The smallest absolute Gasteiger partial charge is 0.313 e. The Morgan fingerprint density at radius 2 is 1.65 bits per heavy atom. The zero-order chi connectivity index (χ0) is 16.7. The number of anilines is 1. The second kappa shape index (κ2) is 8.36. The summed E-state index contributed by atoms with van der Waals surface area (Å²) in [5.41, 5.74) is 2.07. The molecule has 3 N–H and O–H groups in total. The van der Waals surface area contributed by atoms with Crippen LogP contribution in [0.25, 0.3) is 0 Å². The van der Waals surface area contributed by atoms with Crippen molar-refractivity contribution >= 4 is 29.3 Å². The molecule has 6 heteroatoms. The van der Waals surface area contributed by atoms with Gasteiger partial charge in [0.1, 0.15) is 0 Å². The Morgan fingerprint density at radius 3 is 2.26 bits per heavy atom. The highest BCUT2D eigenvalue weighted by atomic mass is 32.2. The number of hydrogen-bond acceptors (Lipinski definition) is 4. The second-order valence-corrected chi connectivity index (χ2v) is 5.67. The van der Waals surface area contributed by atoms with Crippen molar-refractivity contribution in [2.45, 2.75) is 18.0 Å². The predicted molar refractivity (Wildman–Crippen MR) is 91.1 cm³/mol. The monoisotopic (exact) mass is 330 g/mol. The molecular formula is C17H18N2O3S. The summed E-state index contributed by atoms with van der Waals surface area (Å²) in [5.74, 6) is -1.44. The zero-order valence-corrected chi connectivity index (χ0v) is 13.5. The lowest BCUT2D eigenvalue weighted by Crippen LogP contribution is -2.35. The van der Waals surface area contributed by atoms with Crippen LogP contribution in [-0.4, -0.2) is 23.2 Å². The lowest BCUT2D eigenvalue weighted by molar-refractivity contribution is -0.136. The number of aliphatic hydroxyl groups excluding tert-OH is 1. The molecule has 23 heavy (non-hydrogen) atoms. The van der Waals surface area contributed by atoms with E-state index in [1.54, 1.807) is 36.0 Å². The Morgan fingerprint density at radius 1 is 1.00 bits per heavy atom. The quantitative estimate of drug-likeness (QED) is 0.580. The van der Waals surface area contributed by atoms with Gasteiger partial charge in [-0.05, 0) is 41.6 Å². The molecule has 2 aromatic rings. The molecule has 0 saturated heterocycles. The largest absolute Gasteiger partial charge is 0.392 e. The number of hydrogen-bond donors (Lipinski definition) is 3. The van der Waals surface area contributed by atoms with Crippen LogP contribution >= 0.6 is 11.8 Å². The van der Waals surface area contributed by atoms with E-state index in [1.165, 1.54) is 0 Å².